The van der Waals surface area contributed by atoms with Crippen molar-refractivity contribution >= 4 is 0 Å². The number of benzene rings is 2. The Morgan fingerprint density at radius 1 is 0.933 bits per heavy atom. The van der Waals surface area contributed by atoms with Gasteiger partial charge in [-0.15, -0.1) is 0 Å². The molecule has 2 rings (SSSR count). The molecular weight excluding hydrogens is 201 g/mol. The van der Waals surface area contributed by atoms with Gasteiger partial charge in [0, 0.05) is 11.6 Å². The summed E-state index contributed by atoms with van der Waals surface area (Å²) in [6.45, 7) is 0. The lowest BCUT2D eigenvalue weighted by atomic mass is 10.1. The molecule has 0 aliphatic carbocycles. The van der Waals surface area contributed by atoms with Gasteiger partial charge in [0.05, 0.1) is 0 Å². The Hall–Kier alpha value is -1.77. The van der Waals surface area contributed by atoms with Crippen LogP contribution in [0.15, 0.2) is 36.4 Å². The minimum Gasteiger partial charge on any atom is -0.207 e. The molecule has 2 aromatic carbocycles. The highest BCUT2D eigenvalue weighted by molar-refractivity contribution is 5.63. The van der Waals surface area contributed by atoms with Gasteiger partial charge in [-0.2, -0.15) is 0 Å². The van der Waals surface area contributed by atoms with Gasteiger partial charge in [-0.3, -0.25) is 0 Å². The Morgan fingerprint density at radius 3 is 2.27 bits per heavy atom. The average Bonchev–Trinajstić information content (AvgIpc) is 2.23. The number of halogens is 3. The topological polar surface area (TPSA) is 0 Å². The van der Waals surface area contributed by atoms with Gasteiger partial charge in [-0.1, -0.05) is 12.1 Å². The summed E-state index contributed by atoms with van der Waals surface area (Å²) in [6, 6.07) is 9.25. The van der Waals surface area contributed by atoms with Gasteiger partial charge in [0.2, 0.25) is 0 Å². The zero-order valence-corrected chi connectivity index (χ0v) is 7.60. The van der Waals surface area contributed by atoms with Crippen molar-refractivity contribution in [2.75, 3.05) is 0 Å². The average molecular weight is 207 g/mol. The first-order valence-corrected chi connectivity index (χ1v) is 4.29. The molecule has 0 heterocycles. The lowest BCUT2D eigenvalue weighted by Crippen LogP contribution is -1.86. The van der Waals surface area contributed by atoms with Crippen LogP contribution in [0.3, 0.4) is 0 Å². The van der Waals surface area contributed by atoms with Crippen LogP contribution in [0.25, 0.3) is 11.1 Å². The minimum atomic E-state index is -0.643. The lowest BCUT2D eigenvalue weighted by Gasteiger charge is -2.02. The molecule has 0 unspecified atom stereocenters. The van der Waals surface area contributed by atoms with E-state index in [0.29, 0.717) is 5.56 Å². The van der Waals surface area contributed by atoms with Crippen molar-refractivity contribution in [2.24, 2.45) is 0 Å². The summed E-state index contributed by atoms with van der Waals surface area (Å²) in [5, 5.41) is 0. The van der Waals surface area contributed by atoms with Gasteiger partial charge in [0.1, 0.15) is 17.5 Å². The molecule has 3 heteroatoms. The SMILES string of the molecule is Fc1[c]cc(F)c(-c2ccc(F)cc2)c1. The second-order valence-electron chi connectivity index (χ2n) is 3.05. The smallest absolute Gasteiger partial charge is 0.131 e. The van der Waals surface area contributed by atoms with Crippen LogP contribution in [0.4, 0.5) is 13.2 Å². The highest BCUT2D eigenvalue weighted by atomic mass is 19.1. The van der Waals surface area contributed by atoms with E-state index in [4.69, 9.17) is 0 Å². The fraction of sp³-hybridized carbons (Fsp3) is 0. The Balaban J connectivity index is 2.53. The Kier molecular flexibility index (Phi) is 2.46. The Morgan fingerprint density at radius 2 is 1.60 bits per heavy atom. The van der Waals surface area contributed by atoms with Crippen LogP contribution in [0, 0.1) is 23.5 Å². The van der Waals surface area contributed by atoms with E-state index in [1.54, 1.807) is 0 Å². The van der Waals surface area contributed by atoms with Crippen molar-refractivity contribution < 1.29 is 13.2 Å². The van der Waals surface area contributed by atoms with E-state index in [1.165, 1.54) is 24.3 Å². The molecule has 75 valence electrons. The Labute approximate surface area is 85.0 Å². The van der Waals surface area contributed by atoms with E-state index < -0.39 is 17.5 Å². The summed E-state index contributed by atoms with van der Waals surface area (Å²) in [5.74, 6) is -1.64. The first-order valence-electron chi connectivity index (χ1n) is 4.29. The van der Waals surface area contributed by atoms with Crippen molar-refractivity contribution in [1.29, 1.82) is 0 Å². The van der Waals surface area contributed by atoms with E-state index in [1.807, 2.05) is 0 Å². The van der Waals surface area contributed by atoms with Gasteiger partial charge in [-0.25, -0.2) is 13.2 Å². The van der Waals surface area contributed by atoms with Crippen molar-refractivity contribution in [3.8, 4) is 11.1 Å². The van der Waals surface area contributed by atoms with Gasteiger partial charge < -0.3 is 0 Å². The van der Waals surface area contributed by atoms with Crippen molar-refractivity contribution in [3.05, 3.63) is 59.9 Å². The van der Waals surface area contributed by atoms with Gasteiger partial charge in [0.15, 0.2) is 0 Å². The molecule has 0 saturated carbocycles. The normalized spacial score (nSPS) is 10.3. The highest BCUT2D eigenvalue weighted by Gasteiger charge is 2.06. The van der Waals surface area contributed by atoms with E-state index >= 15 is 0 Å². The molecule has 0 spiro atoms. The molecular formula is C12H6F3. The van der Waals surface area contributed by atoms with Crippen molar-refractivity contribution in [3.63, 3.8) is 0 Å². The molecule has 0 amide bonds. The third kappa shape index (κ3) is 2.01. The number of hydrogen-bond donors (Lipinski definition) is 0. The standard InChI is InChI=1S/C12H6F3/c13-9-3-1-8(2-4-9)11-7-10(14)5-6-12(11)15/h1-4,6-7H. The number of rotatable bonds is 1. The number of hydrogen-bond acceptors (Lipinski definition) is 0. The van der Waals surface area contributed by atoms with Crippen LogP contribution in [0.5, 0.6) is 0 Å². The summed E-state index contributed by atoms with van der Waals surface area (Å²) in [5.41, 5.74) is 0.535. The van der Waals surface area contributed by atoms with Gasteiger partial charge >= 0.3 is 0 Å². The fourth-order valence-corrected chi connectivity index (χ4v) is 1.30. The molecule has 0 aliphatic rings. The molecule has 15 heavy (non-hydrogen) atoms. The maximum absolute atomic E-state index is 13.3. The second-order valence-corrected chi connectivity index (χ2v) is 3.05. The summed E-state index contributed by atoms with van der Waals surface area (Å²) in [4.78, 5) is 0. The van der Waals surface area contributed by atoms with E-state index in [9.17, 15) is 13.2 Å². The fourth-order valence-electron chi connectivity index (χ4n) is 1.30. The maximum atomic E-state index is 13.3. The molecule has 1 radical (unpaired) electrons. The van der Waals surface area contributed by atoms with Crippen LogP contribution in [0.1, 0.15) is 0 Å². The summed E-state index contributed by atoms with van der Waals surface area (Å²) in [7, 11) is 0. The lowest BCUT2D eigenvalue weighted by molar-refractivity contribution is 0.601. The molecule has 0 N–H and O–H groups in total. The molecule has 0 aromatic heterocycles. The Bertz CT molecular complexity index is 475. The third-order valence-electron chi connectivity index (χ3n) is 2.02. The first-order chi connectivity index (χ1) is 7.16. The van der Waals surface area contributed by atoms with Crippen LogP contribution in [-0.4, -0.2) is 0 Å². The van der Waals surface area contributed by atoms with Crippen molar-refractivity contribution in [2.45, 2.75) is 0 Å². The summed E-state index contributed by atoms with van der Waals surface area (Å²) in [6.07, 6.45) is 0. The second kappa shape index (κ2) is 3.77. The maximum Gasteiger partial charge on any atom is 0.131 e. The van der Waals surface area contributed by atoms with Crippen LogP contribution in [-0.2, 0) is 0 Å². The van der Waals surface area contributed by atoms with Crippen molar-refractivity contribution in [1.82, 2.24) is 0 Å². The largest absolute Gasteiger partial charge is 0.207 e. The van der Waals surface area contributed by atoms with Gasteiger partial charge in [-0.05, 0) is 29.8 Å². The first kappa shape index (κ1) is 9.77. The highest BCUT2D eigenvalue weighted by Crippen LogP contribution is 2.23. The predicted molar refractivity (Wildman–Crippen MR) is 50.6 cm³/mol. The molecule has 0 atom stereocenters. The van der Waals surface area contributed by atoms with E-state index in [0.717, 1.165) is 12.1 Å². The minimum absolute atomic E-state index is 0.103. The molecule has 2 aromatic rings. The van der Waals surface area contributed by atoms with Gasteiger partial charge in [0.25, 0.3) is 0 Å². The van der Waals surface area contributed by atoms with Crippen LogP contribution in [0.2, 0.25) is 0 Å². The zero-order valence-electron chi connectivity index (χ0n) is 7.60. The van der Waals surface area contributed by atoms with E-state index in [2.05, 4.69) is 6.07 Å². The monoisotopic (exact) mass is 207 g/mol. The zero-order chi connectivity index (χ0) is 10.8. The molecule has 0 saturated heterocycles. The van der Waals surface area contributed by atoms with Crippen LogP contribution >= 0.6 is 0 Å². The summed E-state index contributed by atoms with van der Waals surface area (Å²) >= 11 is 0. The molecule has 0 aliphatic heterocycles. The summed E-state index contributed by atoms with van der Waals surface area (Å²) < 4.78 is 38.7. The molecule has 0 nitrogen and oxygen atoms in total. The van der Waals surface area contributed by atoms with Crippen LogP contribution < -0.4 is 0 Å². The molecule has 0 fully saturated rings. The third-order valence-corrected chi connectivity index (χ3v) is 2.02. The van der Waals surface area contributed by atoms with E-state index in [-0.39, 0.29) is 5.56 Å². The predicted octanol–water partition coefficient (Wildman–Crippen LogP) is 3.57. The molecule has 0 bridgehead atoms. The quantitative estimate of drug-likeness (QED) is 0.670.